The number of carbonyl (C=O) groups excluding carboxylic acids is 1. The summed E-state index contributed by atoms with van der Waals surface area (Å²) < 4.78 is 11.4. The maximum atomic E-state index is 12.4. The number of aryl methyl sites for hydroxylation is 1. The normalized spacial score (nSPS) is 23.8. The Morgan fingerprint density at radius 3 is 2.70 bits per heavy atom. The molecule has 10 heteroatoms. The Balaban J connectivity index is 1.48. The molecular formula is C20H31N7O3. The number of anilines is 2. The van der Waals surface area contributed by atoms with E-state index in [-0.39, 0.29) is 17.6 Å². The first-order chi connectivity index (χ1) is 14.1. The first-order valence-corrected chi connectivity index (χ1v) is 10.4. The molecule has 0 unspecified atom stereocenters. The van der Waals surface area contributed by atoms with E-state index in [2.05, 4.69) is 25.4 Å². The summed E-state index contributed by atoms with van der Waals surface area (Å²) in [6.07, 6.45) is 1.30. The molecule has 0 saturated carbocycles. The maximum absolute atomic E-state index is 12.4. The molecule has 4 N–H and O–H groups in total. The molecule has 4 rings (SSSR count). The predicted molar refractivity (Wildman–Crippen MR) is 113 cm³/mol. The van der Waals surface area contributed by atoms with Crippen molar-refractivity contribution in [1.29, 1.82) is 0 Å². The number of nitrogens with one attached hydrogen (secondary N) is 2. The van der Waals surface area contributed by atoms with Crippen molar-refractivity contribution < 1.29 is 14.3 Å². The van der Waals surface area contributed by atoms with Crippen molar-refractivity contribution in [2.24, 2.45) is 5.41 Å². The van der Waals surface area contributed by atoms with E-state index in [1.54, 1.807) is 0 Å². The quantitative estimate of drug-likeness (QED) is 0.677. The largest absolute Gasteiger partial charge is 0.444 e. The van der Waals surface area contributed by atoms with E-state index >= 15 is 0 Å². The summed E-state index contributed by atoms with van der Waals surface area (Å²) >= 11 is 0. The van der Waals surface area contributed by atoms with Gasteiger partial charge in [0.1, 0.15) is 5.60 Å². The van der Waals surface area contributed by atoms with Crippen LogP contribution in [0.4, 0.5) is 16.4 Å². The average Bonchev–Trinajstić information content (AvgIpc) is 3.16. The SMILES string of the molecule is Cc1nc2c(N)n[nH]c2nc1N1CCC2(CC1)CO[C@@H](C)[C@H]2NC(=O)OC(C)(C)C. The summed E-state index contributed by atoms with van der Waals surface area (Å²) in [5, 5.41) is 9.91. The number of piperidine rings is 1. The predicted octanol–water partition coefficient (Wildman–Crippen LogP) is 2.14. The Labute approximate surface area is 175 Å². The third-order valence-electron chi connectivity index (χ3n) is 6.06. The van der Waals surface area contributed by atoms with Crippen LogP contribution in [0.25, 0.3) is 11.2 Å². The van der Waals surface area contributed by atoms with Gasteiger partial charge in [-0.2, -0.15) is 5.10 Å². The van der Waals surface area contributed by atoms with Gasteiger partial charge in [-0.15, -0.1) is 0 Å². The van der Waals surface area contributed by atoms with E-state index in [0.717, 1.165) is 37.4 Å². The molecule has 2 fully saturated rings. The highest BCUT2D eigenvalue weighted by Gasteiger charge is 2.50. The number of fused-ring (bicyclic) bond motifs is 1. The Kier molecular flexibility index (Phi) is 5.00. The summed E-state index contributed by atoms with van der Waals surface area (Å²) in [4.78, 5) is 23.9. The molecule has 1 amide bonds. The van der Waals surface area contributed by atoms with Crippen LogP contribution in [0.15, 0.2) is 0 Å². The molecular weight excluding hydrogens is 386 g/mol. The number of carbonyl (C=O) groups is 1. The zero-order chi connectivity index (χ0) is 21.7. The Morgan fingerprint density at radius 2 is 2.03 bits per heavy atom. The summed E-state index contributed by atoms with van der Waals surface area (Å²) in [5.41, 5.74) is 7.21. The van der Waals surface area contributed by atoms with Gasteiger partial charge in [0.2, 0.25) is 0 Å². The van der Waals surface area contributed by atoms with Gasteiger partial charge in [0.05, 0.1) is 24.4 Å². The summed E-state index contributed by atoms with van der Waals surface area (Å²) in [6, 6.07) is -0.0865. The van der Waals surface area contributed by atoms with Gasteiger partial charge in [0, 0.05) is 18.5 Å². The second kappa shape index (κ2) is 7.26. The highest BCUT2D eigenvalue weighted by Crippen LogP contribution is 2.43. The minimum absolute atomic E-state index is 0.0603. The molecule has 0 radical (unpaired) electrons. The number of nitrogen functional groups attached to an aromatic ring is 1. The number of H-pyrrole nitrogens is 1. The standard InChI is InChI=1S/C20H31N7O3/c1-11-17(24-16-13(22-11)15(21)25-26-16)27-8-6-20(7-9-27)10-29-12(2)14(20)23-18(28)30-19(3,4)5/h12,14H,6-10H2,1-5H3,(H,23,28)(H3,21,24,25,26)/t12-,14+/m0/s1. The van der Waals surface area contributed by atoms with Crippen LogP contribution in [0.1, 0.15) is 46.2 Å². The fourth-order valence-electron chi connectivity index (χ4n) is 4.54. The molecule has 0 aromatic carbocycles. The lowest BCUT2D eigenvalue weighted by molar-refractivity contribution is 0.0434. The van der Waals surface area contributed by atoms with Crippen molar-refractivity contribution in [3.8, 4) is 0 Å². The van der Waals surface area contributed by atoms with Crippen molar-refractivity contribution in [1.82, 2.24) is 25.5 Å². The van der Waals surface area contributed by atoms with E-state index in [4.69, 9.17) is 20.2 Å². The fourth-order valence-corrected chi connectivity index (χ4v) is 4.54. The minimum Gasteiger partial charge on any atom is -0.444 e. The lowest BCUT2D eigenvalue weighted by Gasteiger charge is -2.43. The summed E-state index contributed by atoms with van der Waals surface area (Å²) in [5.74, 6) is 1.20. The third-order valence-corrected chi connectivity index (χ3v) is 6.06. The van der Waals surface area contributed by atoms with E-state index in [9.17, 15) is 4.79 Å². The van der Waals surface area contributed by atoms with Crippen LogP contribution >= 0.6 is 0 Å². The van der Waals surface area contributed by atoms with Crippen LogP contribution in [0, 0.1) is 12.3 Å². The zero-order valence-electron chi connectivity index (χ0n) is 18.3. The number of rotatable bonds is 2. The van der Waals surface area contributed by atoms with Gasteiger partial charge < -0.3 is 25.4 Å². The third kappa shape index (κ3) is 3.76. The molecule has 0 bridgehead atoms. The van der Waals surface area contributed by atoms with Crippen molar-refractivity contribution in [2.45, 2.75) is 65.2 Å². The number of hydrogen-bond donors (Lipinski definition) is 3. The molecule has 1 spiro atoms. The number of alkyl carbamates (subject to hydrolysis) is 1. The minimum atomic E-state index is -0.534. The van der Waals surface area contributed by atoms with Gasteiger partial charge >= 0.3 is 6.09 Å². The Morgan fingerprint density at radius 1 is 1.33 bits per heavy atom. The van der Waals surface area contributed by atoms with Crippen molar-refractivity contribution in [2.75, 3.05) is 30.3 Å². The number of hydrogen-bond acceptors (Lipinski definition) is 8. The zero-order valence-corrected chi connectivity index (χ0v) is 18.3. The summed E-state index contributed by atoms with van der Waals surface area (Å²) in [6.45, 7) is 11.8. The van der Waals surface area contributed by atoms with Gasteiger partial charge in [0.15, 0.2) is 22.8 Å². The highest BCUT2D eigenvalue weighted by molar-refractivity contribution is 5.82. The molecule has 2 aliphatic heterocycles. The Bertz CT molecular complexity index is 944. The number of aromatic amines is 1. The van der Waals surface area contributed by atoms with Crippen LogP contribution in [0.3, 0.4) is 0 Å². The number of ether oxygens (including phenoxy) is 2. The Hall–Kier alpha value is -2.62. The molecule has 4 heterocycles. The lowest BCUT2D eigenvalue weighted by Crippen LogP contribution is -2.55. The highest BCUT2D eigenvalue weighted by atomic mass is 16.6. The molecule has 30 heavy (non-hydrogen) atoms. The number of nitrogens with two attached hydrogens (primary N) is 1. The molecule has 0 aliphatic carbocycles. The van der Waals surface area contributed by atoms with Crippen molar-refractivity contribution in [3.05, 3.63) is 5.69 Å². The summed E-state index contributed by atoms with van der Waals surface area (Å²) in [7, 11) is 0. The second-order valence-electron chi connectivity index (χ2n) is 9.43. The number of nitrogens with zero attached hydrogens (tertiary/aromatic N) is 4. The van der Waals surface area contributed by atoms with Crippen molar-refractivity contribution in [3.63, 3.8) is 0 Å². The lowest BCUT2D eigenvalue weighted by atomic mass is 9.73. The van der Waals surface area contributed by atoms with Gasteiger partial charge in [0.25, 0.3) is 0 Å². The topological polar surface area (TPSA) is 131 Å². The van der Waals surface area contributed by atoms with Crippen molar-refractivity contribution >= 4 is 28.9 Å². The molecule has 2 aliphatic rings. The monoisotopic (exact) mass is 417 g/mol. The van der Waals surface area contributed by atoms with Gasteiger partial charge in [-0.3, -0.25) is 5.10 Å². The van der Waals surface area contributed by atoms with Crippen LogP contribution in [-0.2, 0) is 9.47 Å². The first-order valence-electron chi connectivity index (χ1n) is 10.4. The average molecular weight is 418 g/mol. The smallest absolute Gasteiger partial charge is 0.407 e. The molecule has 2 atom stereocenters. The second-order valence-corrected chi connectivity index (χ2v) is 9.43. The maximum Gasteiger partial charge on any atom is 0.407 e. The molecule has 164 valence electrons. The van der Waals surface area contributed by atoms with Gasteiger partial charge in [-0.25, -0.2) is 14.8 Å². The van der Waals surface area contributed by atoms with E-state index in [0.29, 0.717) is 23.6 Å². The number of aromatic nitrogens is 4. The van der Waals surface area contributed by atoms with Crippen LogP contribution in [0.2, 0.25) is 0 Å². The fraction of sp³-hybridized carbons (Fsp3) is 0.700. The molecule has 10 nitrogen and oxygen atoms in total. The van der Waals surface area contributed by atoms with Crippen LogP contribution in [-0.4, -0.2) is 63.7 Å². The van der Waals surface area contributed by atoms with Crippen LogP contribution in [0.5, 0.6) is 0 Å². The molecule has 2 saturated heterocycles. The molecule has 2 aromatic heterocycles. The van der Waals surface area contributed by atoms with E-state index in [1.165, 1.54) is 0 Å². The first kappa shape index (κ1) is 20.6. The van der Waals surface area contributed by atoms with Gasteiger partial charge in [-0.1, -0.05) is 0 Å². The molecule has 2 aromatic rings. The van der Waals surface area contributed by atoms with Gasteiger partial charge in [-0.05, 0) is 47.5 Å². The van der Waals surface area contributed by atoms with Crippen LogP contribution < -0.4 is 16.0 Å². The van der Waals surface area contributed by atoms with E-state index < -0.39 is 11.7 Å². The number of amides is 1. The van der Waals surface area contributed by atoms with E-state index in [1.807, 2.05) is 34.6 Å².